The molecule has 0 radical (unpaired) electrons. The number of carbonyl (C=O) groups is 2. The number of aliphatic hydroxyl groups excluding tert-OH is 1. The molecule has 198 valence electrons. The average Bonchev–Trinajstić information content (AvgIpc) is 3.18. The molecule has 37 heavy (non-hydrogen) atoms. The predicted octanol–water partition coefficient (Wildman–Crippen LogP) is 3.25. The highest BCUT2D eigenvalue weighted by Gasteiger charge is 2.46. The Balaban J connectivity index is 1.75. The molecule has 9 heteroatoms. The summed E-state index contributed by atoms with van der Waals surface area (Å²) in [6.45, 7) is 8.45. The van der Waals surface area contributed by atoms with Gasteiger partial charge in [-0.2, -0.15) is 0 Å². The normalized spacial score (nSPS) is 19.8. The van der Waals surface area contributed by atoms with E-state index in [9.17, 15) is 14.7 Å². The van der Waals surface area contributed by atoms with Gasteiger partial charge in [0.05, 0.1) is 45.2 Å². The molecule has 1 N–H and O–H groups in total. The number of hydrogen-bond acceptors (Lipinski definition) is 8. The van der Waals surface area contributed by atoms with Crippen LogP contribution in [0, 0.1) is 0 Å². The number of Topliss-reactive ketones (excluding diaryl/α,β-unsaturated/α-hetero) is 1. The molecule has 9 nitrogen and oxygen atoms in total. The number of morpholine rings is 1. The molecule has 4 rings (SSSR count). The van der Waals surface area contributed by atoms with Crippen LogP contribution in [0.3, 0.4) is 0 Å². The third-order valence-corrected chi connectivity index (χ3v) is 6.54. The minimum absolute atomic E-state index is 0.0438. The SMILES string of the molecule is CCOc1ccc(/C(O)=C2\C(=O)C(=O)N(CCN3CCOCC3)[C@@H]2c2ccc(OCC)c(OC)c2)cc1. The molecule has 1 amide bonds. The van der Waals surface area contributed by atoms with Crippen LogP contribution < -0.4 is 14.2 Å². The predicted molar refractivity (Wildman–Crippen MR) is 138 cm³/mol. The molecule has 2 heterocycles. The molecule has 2 fully saturated rings. The van der Waals surface area contributed by atoms with Gasteiger partial charge in [0.25, 0.3) is 11.7 Å². The van der Waals surface area contributed by atoms with E-state index < -0.39 is 17.7 Å². The lowest BCUT2D eigenvalue weighted by Crippen LogP contribution is -2.42. The van der Waals surface area contributed by atoms with Crippen molar-refractivity contribution in [2.75, 3.05) is 59.7 Å². The first kappa shape index (κ1) is 26.5. The van der Waals surface area contributed by atoms with Crippen LogP contribution in [0.2, 0.25) is 0 Å². The molecule has 2 aliphatic rings. The second-order valence-corrected chi connectivity index (χ2v) is 8.75. The lowest BCUT2D eigenvalue weighted by molar-refractivity contribution is -0.140. The van der Waals surface area contributed by atoms with E-state index in [-0.39, 0.29) is 11.3 Å². The lowest BCUT2D eigenvalue weighted by atomic mass is 9.95. The average molecular weight is 511 g/mol. The number of rotatable bonds is 10. The van der Waals surface area contributed by atoms with E-state index in [1.54, 1.807) is 42.5 Å². The van der Waals surface area contributed by atoms with Gasteiger partial charge in [0, 0.05) is 31.7 Å². The summed E-state index contributed by atoms with van der Waals surface area (Å²) in [7, 11) is 1.54. The Morgan fingerprint density at radius 2 is 1.68 bits per heavy atom. The highest BCUT2D eigenvalue weighted by molar-refractivity contribution is 6.46. The third kappa shape index (κ3) is 5.73. The quantitative estimate of drug-likeness (QED) is 0.296. The number of nitrogens with zero attached hydrogens (tertiary/aromatic N) is 2. The van der Waals surface area contributed by atoms with Crippen LogP contribution in [-0.2, 0) is 14.3 Å². The first-order chi connectivity index (χ1) is 18.0. The summed E-state index contributed by atoms with van der Waals surface area (Å²) in [5, 5.41) is 11.3. The molecular weight excluding hydrogens is 476 g/mol. The summed E-state index contributed by atoms with van der Waals surface area (Å²) in [4.78, 5) is 30.4. The van der Waals surface area contributed by atoms with Gasteiger partial charge in [0.2, 0.25) is 0 Å². The summed E-state index contributed by atoms with van der Waals surface area (Å²) < 4.78 is 22.1. The third-order valence-electron chi connectivity index (χ3n) is 6.54. The van der Waals surface area contributed by atoms with E-state index in [1.807, 2.05) is 13.8 Å². The van der Waals surface area contributed by atoms with E-state index in [0.29, 0.717) is 67.9 Å². The van der Waals surface area contributed by atoms with Gasteiger partial charge in [-0.15, -0.1) is 0 Å². The van der Waals surface area contributed by atoms with E-state index in [4.69, 9.17) is 18.9 Å². The summed E-state index contributed by atoms with van der Waals surface area (Å²) in [5.74, 6) is 0.112. The number of aliphatic hydroxyl groups is 1. The Labute approximate surface area is 217 Å². The zero-order valence-corrected chi connectivity index (χ0v) is 21.6. The van der Waals surface area contributed by atoms with Crippen LogP contribution in [-0.4, -0.2) is 86.3 Å². The molecular formula is C28H34N2O7. The lowest BCUT2D eigenvalue weighted by Gasteiger charge is -2.31. The Kier molecular flexibility index (Phi) is 8.68. The van der Waals surface area contributed by atoms with Crippen molar-refractivity contribution >= 4 is 17.4 Å². The summed E-state index contributed by atoms with van der Waals surface area (Å²) in [6.07, 6.45) is 0. The Morgan fingerprint density at radius 3 is 2.32 bits per heavy atom. The molecule has 2 aromatic carbocycles. The zero-order chi connectivity index (χ0) is 26.4. The number of hydrogen-bond donors (Lipinski definition) is 1. The first-order valence-corrected chi connectivity index (χ1v) is 12.6. The largest absolute Gasteiger partial charge is 0.507 e. The van der Waals surface area contributed by atoms with Crippen LogP contribution in [0.5, 0.6) is 17.2 Å². The van der Waals surface area contributed by atoms with Gasteiger partial charge in [-0.05, 0) is 55.8 Å². The molecule has 0 spiro atoms. The van der Waals surface area contributed by atoms with E-state index in [1.165, 1.54) is 12.0 Å². The Hall–Kier alpha value is -3.56. The fourth-order valence-electron chi connectivity index (χ4n) is 4.69. The van der Waals surface area contributed by atoms with E-state index in [0.717, 1.165) is 13.1 Å². The summed E-state index contributed by atoms with van der Waals surface area (Å²) in [6, 6.07) is 11.3. The highest BCUT2D eigenvalue weighted by Crippen LogP contribution is 2.42. The fraction of sp³-hybridized carbons (Fsp3) is 0.429. The molecule has 0 saturated carbocycles. The van der Waals surface area contributed by atoms with Crippen LogP contribution in [0.1, 0.15) is 31.0 Å². The zero-order valence-electron chi connectivity index (χ0n) is 21.6. The van der Waals surface area contributed by atoms with Crippen LogP contribution >= 0.6 is 0 Å². The highest BCUT2D eigenvalue weighted by atomic mass is 16.5. The topological polar surface area (TPSA) is 97.8 Å². The second kappa shape index (κ2) is 12.1. The van der Waals surface area contributed by atoms with Crippen molar-refractivity contribution in [2.24, 2.45) is 0 Å². The van der Waals surface area contributed by atoms with Gasteiger partial charge in [-0.25, -0.2) is 0 Å². The van der Waals surface area contributed by atoms with Gasteiger partial charge in [-0.1, -0.05) is 6.07 Å². The Bertz CT molecular complexity index is 1140. The van der Waals surface area contributed by atoms with Gasteiger partial charge in [-0.3, -0.25) is 14.5 Å². The Morgan fingerprint density at radius 1 is 0.973 bits per heavy atom. The van der Waals surface area contributed by atoms with Gasteiger partial charge < -0.3 is 29.0 Å². The maximum atomic E-state index is 13.3. The van der Waals surface area contributed by atoms with Gasteiger partial charge in [0.15, 0.2) is 11.5 Å². The molecule has 2 aromatic rings. The molecule has 0 unspecified atom stereocenters. The maximum absolute atomic E-state index is 13.3. The van der Waals surface area contributed by atoms with Crippen molar-refractivity contribution in [1.82, 2.24) is 9.80 Å². The van der Waals surface area contributed by atoms with Crippen molar-refractivity contribution in [3.63, 3.8) is 0 Å². The van der Waals surface area contributed by atoms with E-state index in [2.05, 4.69) is 4.90 Å². The molecule has 1 atom stereocenters. The molecule has 0 aliphatic carbocycles. The molecule has 0 bridgehead atoms. The van der Waals surface area contributed by atoms with E-state index >= 15 is 0 Å². The summed E-state index contributed by atoms with van der Waals surface area (Å²) >= 11 is 0. The van der Waals surface area contributed by atoms with Crippen molar-refractivity contribution in [3.05, 3.63) is 59.2 Å². The minimum atomic E-state index is -0.780. The smallest absolute Gasteiger partial charge is 0.295 e. The van der Waals surface area contributed by atoms with Crippen LogP contribution in [0.25, 0.3) is 5.76 Å². The molecule has 2 saturated heterocycles. The first-order valence-electron chi connectivity index (χ1n) is 12.6. The maximum Gasteiger partial charge on any atom is 0.295 e. The number of carbonyl (C=O) groups excluding carboxylic acids is 2. The minimum Gasteiger partial charge on any atom is -0.507 e. The molecule has 2 aliphatic heterocycles. The molecule has 0 aromatic heterocycles. The standard InChI is InChI=1S/C28H34N2O7/c1-4-36-21-9-6-19(7-10-21)26(31)24-25(20-8-11-22(37-5-2)23(18-20)34-3)30(28(33)27(24)32)13-12-29-14-16-35-17-15-29/h6-11,18,25,31H,4-5,12-17H2,1-3H3/b26-24+/t25-/m1/s1. The number of methoxy groups -OCH3 is 1. The number of ketones is 1. The summed E-state index contributed by atoms with van der Waals surface area (Å²) in [5.41, 5.74) is 1.12. The monoisotopic (exact) mass is 510 g/mol. The van der Waals surface area contributed by atoms with Crippen molar-refractivity contribution in [3.8, 4) is 17.2 Å². The van der Waals surface area contributed by atoms with Gasteiger partial charge in [0.1, 0.15) is 11.5 Å². The van der Waals surface area contributed by atoms with Crippen LogP contribution in [0.15, 0.2) is 48.0 Å². The van der Waals surface area contributed by atoms with Crippen molar-refractivity contribution in [1.29, 1.82) is 0 Å². The van der Waals surface area contributed by atoms with Gasteiger partial charge >= 0.3 is 0 Å². The number of ether oxygens (including phenoxy) is 4. The number of likely N-dealkylation sites (tertiary alicyclic amines) is 1. The van der Waals surface area contributed by atoms with Crippen molar-refractivity contribution in [2.45, 2.75) is 19.9 Å². The van der Waals surface area contributed by atoms with Crippen molar-refractivity contribution < 1.29 is 33.6 Å². The van der Waals surface area contributed by atoms with Crippen LogP contribution in [0.4, 0.5) is 0 Å². The second-order valence-electron chi connectivity index (χ2n) is 8.75. The fourth-order valence-corrected chi connectivity index (χ4v) is 4.69. The number of amides is 1. The number of benzene rings is 2.